The van der Waals surface area contributed by atoms with Crippen LogP contribution in [0.15, 0.2) is 437 Å². The van der Waals surface area contributed by atoms with Crippen molar-refractivity contribution in [2.45, 2.75) is 0 Å². The standard InChI is InChI=1S/C54H38N2.C48H34N2/c1-4-15-39(16-5-1)41-27-32-47(33-28-41)55(46-21-8-3-9-22-46)52-25-12-10-23-49(52)45-20-14-19-43(37-45)44-31-36-51-50-24-11-13-26-53(50)56(54(51)38-44)48-34-29-42(30-35-48)40-17-6-2-7-18-40;1-4-15-35(16-5-1)36-27-30-42(31-28-36)49(40-19-6-2-7-20-40)46-25-12-10-23-43(46)39-18-14-17-37(33-39)38-29-32-45-44-24-11-13-26-47(44)50(48(45)34-38)41-21-8-3-9-22-41/h1-38H;1-34H. The predicted molar refractivity (Wildman–Crippen MR) is 449 cm³/mol. The molecule has 0 atom stereocenters. The van der Waals surface area contributed by atoms with E-state index in [1.165, 1.54) is 116 Å². The molecular weight excluding hydrogens is 1280 g/mol. The second kappa shape index (κ2) is 28.8. The molecule has 17 aromatic carbocycles. The molecule has 106 heavy (non-hydrogen) atoms. The van der Waals surface area contributed by atoms with Gasteiger partial charge in [0, 0.05) is 66.8 Å². The second-order valence-electron chi connectivity index (χ2n) is 26.8. The topological polar surface area (TPSA) is 16.3 Å². The van der Waals surface area contributed by atoms with E-state index in [0.717, 1.165) is 51.1 Å². The average Bonchev–Trinajstić information content (AvgIpc) is 1.57. The molecule has 0 spiro atoms. The molecule has 0 saturated heterocycles. The van der Waals surface area contributed by atoms with Crippen LogP contribution in [0.4, 0.5) is 34.1 Å². The van der Waals surface area contributed by atoms with E-state index in [1.54, 1.807) is 0 Å². The van der Waals surface area contributed by atoms with Gasteiger partial charge in [-0.15, -0.1) is 0 Å². The molecule has 0 radical (unpaired) electrons. The van der Waals surface area contributed by atoms with Gasteiger partial charge in [-0.3, -0.25) is 0 Å². The Morgan fingerprint density at radius 2 is 0.415 bits per heavy atom. The highest BCUT2D eigenvalue weighted by atomic mass is 15.2. The van der Waals surface area contributed by atoms with Crippen LogP contribution in [0.3, 0.4) is 0 Å². The van der Waals surface area contributed by atoms with Gasteiger partial charge in [-0.2, -0.15) is 0 Å². The molecule has 0 aliphatic rings. The lowest BCUT2D eigenvalue weighted by Gasteiger charge is -2.28. The third-order valence-corrected chi connectivity index (χ3v) is 20.4. The third-order valence-electron chi connectivity index (χ3n) is 20.4. The van der Waals surface area contributed by atoms with Gasteiger partial charge in [-0.1, -0.05) is 315 Å². The molecule has 0 saturated carbocycles. The SMILES string of the molecule is c1ccc(-c2ccc(N(c3ccccc3)c3ccccc3-c3cccc(-c4ccc5c6ccccc6n(-c6ccc(-c7ccccc7)cc6)c5c4)c3)cc2)cc1.c1ccc(-c2ccc(N(c3ccccc3)c3ccccc3-c3cccc(-c4ccc5c6ccccc6n(-c6ccccc6)c5c4)c3)cc2)cc1. The van der Waals surface area contributed by atoms with Crippen molar-refractivity contribution in [3.63, 3.8) is 0 Å². The number of fused-ring (bicyclic) bond motifs is 6. The summed E-state index contributed by atoms with van der Waals surface area (Å²) in [6.45, 7) is 0. The van der Waals surface area contributed by atoms with Gasteiger partial charge in [0.15, 0.2) is 0 Å². The Morgan fingerprint density at radius 3 is 0.821 bits per heavy atom. The van der Waals surface area contributed by atoms with Crippen LogP contribution >= 0.6 is 0 Å². The van der Waals surface area contributed by atoms with Gasteiger partial charge < -0.3 is 18.9 Å². The van der Waals surface area contributed by atoms with E-state index < -0.39 is 0 Å². The summed E-state index contributed by atoms with van der Waals surface area (Å²) in [5.41, 5.74) is 30.5. The first-order chi connectivity index (χ1) is 52.6. The second-order valence-corrected chi connectivity index (χ2v) is 26.8. The predicted octanol–water partition coefficient (Wildman–Crippen LogP) is 28.2. The number of benzene rings is 17. The highest BCUT2D eigenvalue weighted by molar-refractivity contribution is 6.12. The molecule has 0 bridgehead atoms. The molecule has 2 heterocycles. The first-order valence-electron chi connectivity index (χ1n) is 36.3. The van der Waals surface area contributed by atoms with Crippen LogP contribution in [0.1, 0.15) is 0 Å². The van der Waals surface area contributed by atoms with Gasteiger partial charge in [0.2, 0.25) is 0 Å². The number of hydrogen-bond donors (Lipinski definition) is 0. The summed E-state index contributed by atoms with van der Waals surface area (Å²) in [7, 11) is 0. The Morgan fingerprint density at radius 1 is 0.151 bits per heavy atom. The van der Waals surface area contributed by atoms with Crippen molar-refractivity contribution in [3.05, 3.63) is 437 Å². The van der Waals surface area contributed by atoms with Gasteiger partial charge >= 0.3 is 0 Å². The molecule has 0 fully saturated rings. The minimum atomic E-state index is 1.11. The molecule has 0 amide bonds. The van der Waals surface area contributed by atoms with Crippen LogP contribution in [0.25, 0.3) is 133 Å². The zero-order valence-electron chi connectivity index (χ0n) is 58.4. The van der Waals surface area contributed by atoms with Gasteiger partial charge in [-0.05, 0) is 188 Å². The minimum absolute atomic E-state index is 1.11. The summed E-state index contributed by atoms with van der Waals surface area (Å²) in [4.78, 5) is 4.73. The van der Waals surface area contributed by atoms with Crippen LogP contribution in [-0.4, -0.2) is 9.13 Å². The van der Waals surface area contributed by atoms with Crippen molar-refractivity contribution >= 4 is 77.7 Å². The smallest absolute Gasteiger partial charge is 0.0547 e. The molecule has 19 aromatic rings. The Hall–Kier alpha value is -14.1. The Bertz CT molecular complexity index is 6270. The highest BCUT2D eigenvalue weighted by Gasteiger charge is 2.22. The van der Waals surface area contributed by atoms with Crippen molar-refractivity contribution in [1.82, 2.24) is 9.13 Å². The van der Waals surface area contributed by atoms with E-state index in [1.807, 2.05) is 0 Å². The first-order valence-corrected chi connectivity index (χ1v) is 36.3. The number of rotatable bonds is 15. The lowest BCUT2D eigenvalue weighted by Crippen LogP contribution is -2.11. The molecule has 4 nitrogen and oxygen atoms in total. The monoisotopic (exact) mass is 1350 g/mol. The fourth-order valence-electron chi connectivity index (χ4n) is 15.3. The maximum atomic E-state index is 2.41. The summed E-state index contributed by atoms with van der Waals surface area (Å²) in [5, 5.41) is 5.02. The fraction of sp³-hybridized carbons (Fsp3) is 0. The van der Waals surface area contributed by atoms with Gasteiger partial charge in [0.05, 0.1) is 33.4 Å². The lowest BCUT2D eigenvalue weighted by atomic mass is 9.96. The van der Waals surface area contributed by atoms with E-state index in [2.05, 4.69) is 456 Å². The summed E-state index contributed by atoms with van der Waals surface area (Å²) >= 11 is 0. The van der Waals surface area contributed by atoms with Crippen molar-refractivity contribution < 1.29 is 0 Å². The number of aromatic nitrogens is 2. The molecular formula is C102H72N4. The van der Waals surface area contributed by atoms with E-state index >= 15 is 0 Å². The van der Waals surface area contributed by atoms with Crippen LogP contribution in [0.2, 0.25) is 0 Å². The Balaban J connectivity index is 0.000000151. The zero-order chi connectivity index (χ0) is 70.5. The van der Waals surface area contributed by atoms with E-state index in [-0.39, 0.29) is 0 Å². The van der Waals surface area contributed by atoms with Crippen molar-refractivity contribution in [1.29, 1.82) is 0 Å². The number of para-hydroxylation sites is 7. The Kier molecular flexibility index (Phi) is 17.4. The van der Waals surface area contributed by atoms with Crippen LogP contribution in [-0.2, 0) is 0 Å². The van der Waals surface area contributed by atoms with Crippen molar-refractivity contribution in [2.75, 3.05) is 9.80 Å². The number of hydrogen-bond acceptors (Lipinski definition) is 2. The average molecular weight is 1350 g/mol. The van der Waals surface area contributed by atoms with Crippen LogP contribution in [0, 0.1) is 0 Å². The Labute approximate surface area is 618 Å². The quantitative estimate of drug-likeness (QED) is 0.102. The van der Waals surface area contributed by atoms with E-state index in [9.17, 15) is 0 Å². The third kappa shape index (κ3) is 12.6. The van der Waals surface area contributed by atoms with Gasteiger partial charge in [-0.25, -0.2) is 0 Å². The first kappa shape index (κ1) is 64.1. The van der Waals surface area contributed by atoms with Crippen LogP contribution in [0.5, 0.6) is 0 Å². The van der Waals surface area contributed by atoms with E-state index in [0.29, 0.717) is 0 Å². The summed E-state index contributed by atoms with van der Waals surface area (Å²) in [6.07, 6.45) is 0. The van der Waals surface area contributed by atoms with Crippen LogP contribution < -0.4 is 9.80 Å². The minimum Gasteiger partial charge on any atom is -0.310 e. The molecule has 19 rings (SSSR count). The zero-order valence-corrected chi connectivity index (χ0v) is 58.4. The maximum absolute atomic E-state index is 2.41. The number of anilines is 6. The largest absolute Gasteiger partial charge is 0.310 e. The molecule has 4 heteroatoms. The molecule has 0 aliphatic carbocycles. The molecule has 500 valence electrons. The van der Waals surface area contributed by atoms with Gasteiger partial charge in [0.1, 0.15) is 0 Å². The maximum Gasteiger partial charge on any atom is 0.0547 e. The molecule has 0 unspecified atom stereocenters. The highest BCUT2D eigenvalue weighted by Crippen LogP contribution is 2.46. The van der Waals surface area contributed by atoms with E-state index in [4.69, 9.17) is 0 Å². The number of nitrogens with zero attached hydrogens (tertiary/aromatic N) is 4. The summed E-state index contributed by atoms with van der Waals surface area (Å²) in [6, 6.07) is 157. The molecule has 0 aliphatic heterocycles. The molecule has 0 N–H and O–H groups in total. The van der Waals surface area contributed by atoms with Crippen molar-refractivity contribution in [2.24, 2.45) is 0 Å². The lowest BCUT2D eigenvalue weighted by molar-refractivity contribution is 1.18. The summed E-state index contributed by atoms with van der Waals surface area (Å²) < 4.78 is 4.79. The molecule has 2 aromatic heterocycles. The fourth-order valence-corrected chi connectivity index (χ4v) is 15.3. The summed E-state index contributed by atoms with van der Waals surface area (Å²) in [5.74, 6) is 0. The normalized spacial score (nSPS) is 11.2. The van der Waals surface area contributed by atoms with Crippen molar-refractivity contribution in [3.8, 4) is 89.3 Å². The van der Waals surface area contributed by atoms with Gasteiger partial charge in [0.25, 0.3) is 0 Å².